The second kappa shape index (κ2) is 14.0. The standard InChI is InChI=1S/C35H36F2N4O/c1-3-4-22-41-32(33(28-13-7-5-8-14-28)39-34(41)29-15-9-6-10-16-29)25-40(24-30-17-11-12-26(2)38-30)23-27-18-20-31(21-19-27)42-35(36)37/h5-21,35H,3-4,22-25H2,1-2H3. The number of ether oxygens (including phenoxy) is 1. The third kappa shape index (κ3) is 7.47. The molecule has 7 heteroatoms. The molecule has 0 radical (unpaired) electrons. The summed E-state index contributed by atoms with van der Waals surface area (Å²) in [5, 5.41) is 0. The highest BCUT2D eigenvalue weighted by Gasteiger charge is 2.22. The molecule has 0 bridgehead atoms. The molecule has 5 rings (SSSR count). The van der Waals surface area contributed by atoms with Crippen molar-refractivity contribution in [2.45, 2.75) is 59.5 Å². The van der Waals surface area contributed by atoms with Gasteiger partial charge in [-0.05, 0) is 43.2 Å². The molecule has 0 aliphatic rings. The minimum atomic E-state index is -2.85. The summed E-state index contributed by atoms with van der Waals surface area (Å²) >= 11 is 0. The quantitative estimate of drug-likeness (QED) is 0.143. The van der Waals surface area contributed by atoms with Crippen LogP contribution in [0.2, 0.25) is 0 Å². The normalized spacial score (nSPS) is 11.4. The zero-order valence-corrected chi connectivity index (χ0v) is 24.1. The number of imidazole rings is 1. The lowest BCUT2D eigenvalue weighted by Gasteiger charge is -2.24. The highest BCUT2D eigenvalue weighted by atomic mass is 19.3. The van der Waals surface area contributed by atoms with Gasteiger partial charge in [-0.15, -0.1) is 0 Å². The topological polar surface area (TPSA) is 43.2 Å². The zero-order valence-electron chi connectivity index (χ0n) is 24.1. The number of pyridine rings is 1. The maximum atomic E-state index is 12.7. The van der Waals surface area contributed by atoms with Crippen LogP contribution in [-0.2, 0) is 26.2 Å². The maximum Gasteiger partial charge on any atom is 0.387 e. The molecule has 0 unspecified atom stereocenters. The van der Waals surface area contributed by atoms with Gasteiger partial charge in [-0.1, -0.05) is 92.2 Å². The molecule has 2 aromatic heterocycles. The van der Waals surface area contributed by atoms with Crippen LogP contribution in [0.5, 0.6) is 5.75 Å². The fourth-order valence-electron chi connectivity index (χ4n) is 5.17. The number of aromatic nitrogens is 3. The molecule has 5 aromatic rings. The van der Waals surface area contributed by atoms with Gasteiger partial charge < -0.3 is 9.30 Å². The number of rotatable bonds is 13. The molecule has 0 aliphatic heterocycles. The molecular weight excluding hydrogens is 530 g/mol. The van der Waals surface area contributed by atoms with Gasteiger partial charge in [-0.3, -0.25) is 9.88 Å². The first-order chi connectivity index (χ1) is 20.5. The van der Waals surface area contributed by atoms with Crippen LogP contribution in [0.1, 0.15) is 42.4 Å². The predicted molar refractivity (Wildman–Crippen MR) is 163 cm³/mol. The average molecular weight is 567 g/mol. The minimum absolute atomic E-state index is 0.150. The lowest BCUT2D eigenvalue weighted by Crippen LogP contribution is -2.25. The van der Waals surface area contributed by atoms with Crippen molar-refractivity contribution in [2.75, 3.05) is 0 Å². The maximum absolute atomic E-state index is 12.7. The van der Waals surface area contributed by atoms with Gasteiger partial charge in [-0.2, -0.15) is 8.78 Å². The van der Waals surface area contributed by atoms with Crippen molar-refractivity contribution in [3.8, 4) is 28.4 Å². The van der Waals surface area contributed by atoms with Crippen LogP contribution < -0.4 is 4.74 Å². The number of benzene rings is 3. The third-order valence-electron chi connectivity index (χ3n) is 7.15. The Kier molecular flexibility index (Phi) is 9.72. The zero-order chi connectivity index (χ0) is 29.3. The van der Waals surface area contributed by atoms with Gasteiger partial charge in [0, 0.05) is 43.0 Å². The third-order valence-corrected chi connectivity index (χ3v) is 7.15. The van der Waals surface area contributed by atoms with Crippen LogP contribution in [0.15, 0.2) is 103 Å². The SMILES string of the molecule is CCCCn1c(-c2ccccc2)nc(-c2ccccc2)c1CN(Cc1ccc(OC(F)F)cc1)Cc1cccc(C)n1. The van der Waals surface area contributed by atoms with E-state index in [2.05, 4.69) is 45.4 Å². The lowest BCUT2D eigenvalue weighted by atomic mass is 10.1. The number of hydrogen-bond donors (Lipinski definition) is 0. The minimum Gasteiger partial charge on any atom is -0.435 e. The van der Waals surface area contributed by atoms with Crippen LogP contribution in [0, 0.1) is 6.92 Å². The molecule has 0 atom stereocenters. The van der Waals surface area contributed by atoms with Crippen molar-refractivity contribution in [2.24, 2.45) is 0 Å². The van der Waals surface area contributed by atoms with Gasteiger partial charge in [0.1, 0.15) is 11.6 Å². The smallest absolute Gasteiger partial charge is 0.387 e. The Labute approximate surface area is 246 Å². The van der Waals surface area contributed by atoms with Crippen molar-refractivity contribution in [3.63, 3.8) is 0 Å². The van der Waals surface area contributed by atoms with Gasteiger partial charge in [-0.25, -0.2) is 4.98 Å². The molecule has 0 saturated heterocycles. The summed E-state index contributed by atoms with van der Waals surface area (Å²) < 4.78 is 32.4. The summed E-state index contributed by atoms with van der Waals surface area (Å²) in [5.41, 5.74) is 7.18. The van der Waals surface area contributed by atoms with Gasteiger partial charge in [0.05, 0.1) is 17.1 Å². The number of unbranched alkanes of at least 4 members (excludes halogenated alkanes) is 1. The largest absolute Gasteiger partial charge is 0.435 e. The summed E-state index contributed by atoms with van der Waals surface area (Å²) in [7, 11) is 0. The fraction of sp³-hybridized carbons (Fsp3) is 0.257. The van der Waals surface area contributed by atoms with E-state index in [-0.39, 0.29) is 5.75 Å². The molecule has 0 aliphatic carbocycles. The molecule has 0 N–H and O–H groups in total. The van der Waals surface area contributed by atoms with Gasteiger partial charge in [0.25, 0.3) is 0 Å². The van der Waals surface area contributed by atoms with Crippen molar-refractivity contribution >= 4 is 0 Å². The van der Waals surface area contributed by atoms with E-state index in [1.54, 1.807) is 12.1 Å². The second-order valence-electron chi connectivity index (χ2n) is 10.4. The Bertz CT molecular complexity index is 1550. The van der Waals surface area contributed by atoms with E-state index in [9.17, 15) is 8.78 Å². The van der Waals surface area contributed by atoms with E-state index in [0.29, 0.717) is 19.6 Å². The summed E-state index contributed by atoms with van der Waals surface area (Å²) in [6.45, 7) is 4.04. The van der Waals surface area contributed by atoms with Gasteiger partial charge in [0.2, 0.25) is 0 Å². The molecule has 42 heavy (non-hydrogen) atoms. The summed E-state index contributed by atoms with van der Waals surface area (Å²) in [5.74, 6) is 1.11. The fourth-order valence-corrected chi connectivity index (χ4v) is 5.17. The van der Waals surface area contributed by atoms with E-state index in [0.717, 1.165) is 64.7 Å². The summed E-state index contributed by atoms with van der Waals surface area (Å²) in [6.07, 6.45) is 2.10. The van der Waals surface area contributed by atoms with E-state index in [1.807, 2.05) is 73.7 Å². The van der Waals surface area contributed by atoms with E-state index in [1.165, 1.54) is 0 Å². The van der Waals surface area contributed by atoms with Crippen LogP contribution in [0.3, 0.4) is 0 Å². The van der Waals surface area contributed by atoms with E-state index < -0.39 is 6.61 Å². The highest BCUT2D eigenvalue weighted by molar-refractivity contribution is 5.68. The van der Waals surface area contributed by atoms with Gasteiger partial charge in [0.15, 0.2) is 0 Å². The molecule has 5 nitrogen and oxygen atoms in total. The van der Waals surface area contributed by atoms with Crippen LogP contribution in [0.25, 0.3) is 22.6 Å². The van der Waals surface area contributed by atoms with Crippen molar-refractivity contribution < 1.29 is 13.5 Å². The van der Waals surface area contributed by atoms with Crippen LogP contribution >= 0.6 is 0 Å². The number of halogens is 2. The Morgan fingerprint density at radius 2 is 1.45 bits per heavy atom. The van der Waals surface area contributed by atoms with E-state index >= 15 is 0 Å². The monoisotopic (exact) mass is 566 g/mol. The first-order valence-corrected chi connectivity index (χ1v) is 14.4. The average Bonchev–Trinajstić information content (AvgIpc) is 3.35. The molecule has 0 fully saturated rings. The Balaban J connectivity index is 1.57. The lowest BCUT2D eigenvalue weighted by molar-refractivity contribution is -0.0498. The number of alkyl halides is 2. The van der Waals surface area contributed by atoms with Crippen molar-refractivity contribution in [3.05, 3.63) is 126 Å². The molecule has 0 spiro atoms. The second-order valence-corrected chi connectivity index (χ2v) is 10.4. The first kappa shape index (κ1) is 29.1. The highest BCUT2D eigenvalue weighted by Crippen LogP contribution is 2.32. The molecule has 3 aromatic carbocycles. The number of nitrogens with zero attached hydrogens (tertiary/aromatic N) is 4. The van der Waals surface area contributed by atoms with Crippen molar-refractivity contribution in [1.82, 2.24) is 19.4 Å². The first-order valence-electron chi connectivity index (χ1n) is 14.4. The molecule has 0 saturated carbocycles. The summed E-state index contributed by atoms with van der Waals surface area (Å²) in [6, 6.07) is 33.6. The number of aryl methyl sites for hydroxylation is 1. The number of hydrogen-bond acceptors (Lipinski definition) is 4. The van der Waals surface area contributed by atoms with Crippen LogP contribution in [0.4, 0.5) is 8.78 Å². The van der Waals surface area contributed by atoms with Crippen molar-refractivity contribution in [1.29, 1.82) is 0 Å². The Morgan fingerprint density at radius 3 is 2.10 bits per heavy atom. The molecule has 0 amide bonds. The molecule has 216 valence electrons. The van der Waals surface area contributed by atoms with Crippen LogP contribution in [-0.4, -0.2) is 26.0 Å². The molecule has 2 heterocycles. The van der Waals surface area contributed by atoms with Gasteiger partial charge >= 0.3 is 6.61 Å². The molecular formula is C35H36F2N4O. The summed E-state index contributed by atoms with van der Waals surface area (Å²) in [4.78, 5) is 12.4. The predicted octanol–water partition coefficient (Wildman–Crippen LogP) is 8.52. The van der Waals surface area contributed by atoms with E-state index in [4.69, 9.17) is 9.97 Å². The Morgan fingerprint density at radius 1 is 0.762 bits per heavy atom. The Hall–Kier alpha value is -4.36.